The van der Waals surface area contributed by atoms with E-state index in [1.807, 2.05) is 13.0 Å². The molecule has 1 nitrogen and oxygen atoms in total. The van der Waals surface area contributed by atoms with Gasteiger partial charge in [0.1, 0.15) is 5.75 Å². The third kappa shape index (κ3) is 2.70. The van der Waals surface area contributed by atoms with Crippen LogP contribution in [0.5, 0.6) is 5.75 Å². The van der Waals surface area contributed by atoms with E-state index >= 15 is 0 Å². The van der Waals surface area contributed by atoms with E-state index in [4.69, 9.17) is 4.74 Å². The van der Waals surface area contributed by atoms with Gasteiger partial charge in [-0.3, -0.25) is 0 Å². The van der Waals surface area contributed by atoms with Gasteiger partial charge in [-0.1, -0.05) is 58.4 Å². The monoisotopic (exact) mass is 290 g/mol. The van der Waals surface area contributed by atoms with Crippen molar-refractivity contribution in [2.24, 2.45) is 0 Å². The summed E-state index contributed by atoms with van der Waals surface area (Å²) in [7, 11) is 1.71. The highest BCUT2D eigenvalue weighted by atomic mass is 79.9. The van der Waals surface area contributed by atoms with E-state index in [0.29, 0.717) is 0 Å². The van der Waals surface area contributed by atoms with Crippen molar-refractivity contribution in [3.63, 3.8) is 0 Å². The Hall–Kier alpha value is -1.28. The predicted molar refractivity (Wildman–Crippen MR) is 74.9 cm³/mol. The van der Waals surface area contributed by atoms with Crippen molar-refractivity contribution in [1.29, 1.82) is 0 Å². The minimum absolute atomic E-state index is 0.207. The summed E-state index contributed by atoms with van der Waals surface area (Å²) in [6.07, 6.45) is 0. The summed E-state index contributed by atoms with van der Waals surface area (Å²) in [5.41, 5.74) is 3.61. The Morgan fingerprint density at radius 2 is 1.71 bits per heavy atom. The number of benzene rings is 2. The van der Waals surface area contributed by atoms with Crippen molar-refractivity contribution in [3.8, 4) is 5.75 Å². The first-order valence-corrected chi connectivity index (χ1v) is 6.47. The molecule has 0 radical (unpaired) electrons. The Kier molecular flexibility index (Phi) is 3.85. The van der Waals surface area contributed by atoms with Gasteiger partial charge in [0.2, 0.25) is 0 Å². The molecule has 2 aromatic carbocycles. The standard InChI is InChI=1S/C15H15BrO/c1-11-8-9-13(10-14(11)17-2)15(16)12-6-4-3-5-7-12/h3-10,15H,1-2H3. The first kappa shape index (κ1) is 12.2. The molecule has 0 aromatic heterocycles. The van der Waals surface area contributed by atoms with Gasteiger partial charge in [0, 0.05) is 0 Å². The quantitative estimate of drug-likeness (QED) is 0.757. The molecule has 0 bridgehead atoms. The van der Waals surface area contributed by atoms with Gasteiger partial charge >= 0.3 is 0 Å². The molecule has 0 saturated heterocycles. The number of halogens is 1. The average Bonchev–Trinajstić information content (AvgIpc) is 2.39. The van der Waals surface area contributed by atoms with E-state index in [-0.39, 0.29) is 4.83 Å². The summed E-state index contributed by atoms with van der Waals surface area (Å²) in [5, 5.41) is 0. The van der Waals surface area contributed by atoms with E-state index in [1.54, 1.807) is 7.11 Å². The smallest absolute Gasteiger partial charge is 0.122 e. The first-order valence-electron chi connectivity index (χ1n) is 5.56. The zero-order valence-corrected chi connectivity index (χ0v) is 11.6. The van der Waals surface area contributed by atoms with Gasteiger partial charge < -0.3 is 4.74 Å². The summed E-state index contributed by atoms with van der Waals surface area (Å²) in [6, 6.07) is 16.7. The lowest BCUT2D eigenvalue weighted by Gasteiger charge is -2.13. The Balaban J connectivity index is 2.34. The van der Waals surface area contributed by atoms with Crippen LogP contribution >= 0.6 is 15.9 Å². The fourth-order valence-electron chi connectivity index (χ4n) is 1.81. The van der Waals surface area contributed by atoms with Crippen LogP contribution < -0.4 is 4.74 Å². The summed E-state index contributed by atoms with van der Waals surface area (Å²) < 4.78 is 5.35. The van der Waals surface area contributed by atoms with Gasteiger partial charge in [-0.25, -0.2) is 0 Å². The number of hydrogen-bond donors (Lipinski definition) is 0. The van der Waals surface area contributed by atoms with Crippen molar-refractivity contribution in [2.75, 3.05) is 7.11 Å². The number of methoxy groups -OCH3 is 1. The van der Waals surface area contributed by atoms with Crippen LogP contribution in [0, 0.1) is 6.92 Å². The lowest BCUT2D eigenvalue weighted by atomic mass is 10.0. The zero-order chi connectivity index (χ0) is 12.3. The summed E-state index contributed by atoms with van der Waals surface area (Å²) >= 11 is 3.73. The first-order chi connectivity index (χ1) is 8.22. The van der Waals surface area contributed by atoms with E-state index < -0.39 is 0 Å². The highest BCUT2D eigenvalue weighted by Crippen LogP contribution is 2.33. The lowest BCUT2D eigenvalue weighted by Crippen LogP contribution is -1.95. The van der Waals surface area contributed by atoms with E-state index in [0.717, 1.165) is 11.3 Å². The molecule has 0 spiro atoms. The van der Waals surface area contributed by atoms with Crippen LogP contribution in [0.25, 0.3) is 0 Å². The van der Waals surface area contributed by atoms with Gasteiger partial charge in [-0.2, -0.15) is 0 Å². The Morgan fingerprint density at radius 1 is 1.00 bits per heavy atom. The number of alkyl halides is 1. The molecule has 2 aromatic rings. The molecule has 0 saturated carbocycles. The van der Waals surface area contributed by atoms with Crippen LogP contribution in [0.3, 0.4) is 0 Å². The third-order valence-electron chi connectivity index (χ3n) is 2.82. The maximum absolute atomic E-state index is 5.35. The van der Waals surface area contributed by atoms with Crippen LogP contribution in [0.15, 0.2) is 48.5 Å². The molecule has 0 aliphatic heterocycles. The summed E-state index contributed by atoms with van der Waals surface area (Å²) in [4.78, 5) is 0.207. The maximum atomic E-state index is 5.35. The van der Waals surface area contributed by atoms with Crippen molar-refractivity contribution in [2.45, 2.75) is 11.8 Å². The van der Waals surface area contributed by atoms with Gasteiger partial charge in [0.25, 0.3) is 0 Å². The highest BCUT2D eigenvalue weighted by Gasteiger charge is 2.11. The van der Waals surface area contributed by atoms with E-state index in [2.05, 4.69) is 58.4 Å². The topological polar surface area (TPSA) is 9.23 Å². The number of rotatable bonds is 3. The fourth-order valence-corrected chi connectivity index (χ4v) is 2.40. The zero-order valence-electron chi connectivity index (χ0n) is 9.98. The molecule has 0 aliphatic carbocycles. The van der Waals surface area contributed by atoms with Crippen molar-refractivity contribution < 1.29 is 4.74 Å². The molecule has 0 N–H and O–H groups in total. The highest BCUT2D eigenvalue weighted by molar-refractivity contribution is 9.09. The second-order valence-electron chi connectivity index (χ2n) is 4.00. The van der Waals surface area contributed by atoms with Gasteiger partial charge in [-0.15, -0.1) is 0 Å². The third-order valence-corrected chi connectivity index (χ3v) is 3.87. The number of ether oxygens (including phenoxy) is 1. The SMILES string of the molecule is COc1cc(C(Br)c2ccccc2)ccc1C. The molecule has 0 amide bonds. The average molecular weight is 291 g/mol. The molecule has 2 heteroatoms. The molecule has 1 unspecified atom stereocenters. The Bertz CT molecular complexity index is 494. The maximum Gasteiger partial charge on any atom is 0.122 e. The van der Waals surface area contributed by atoms with Crippen molar-refractivity contribution >= 4 is 15.9 Å². The van der Waals surface area contributed by atoms with E-state index in [1.165, 1.54) is 11.1 Å². The van der Waals surface area contributed by atoms with Crippen LogP contribution in [0.1, 0.15) is 21.5 Å². The Morgan fingerprint density at radius 3 is 2.35 bits per heavy atom. The summed E-state index contributed by atoms with van der Waals surface area (Å²) in [6.45, 7) is 2.05. The second-order valence-corrected chi connectivity index (χ2v) is 4.92. The minimum atomic E-state index is 0.207. The lowest BCUT2D eigenvalue weighted by molar-refractivity contribution is 0.411. The minimum Gasteiger partial charge on any atom is -0.496 e. The molecule has 0 fully saturated rings. The van der Waals surface area contributed by atoms with Crippen LogP contribution in [0.4, 0.5) is 0 Å². The molecule has 1 atom stereocenters. The largest absolute Gasteiger partial charge is 0.496 e. The molecule has 0 heterocycles. The molecule has 17 heavy (non-hydrogen) atoms. The fraction of sp³-hybridized carbons (Fsp3) is 0.200. The van der Waals surface area contributed by atoms with Gasteiger partial charge in [0.05, 0.1) is 11.9 Å². The predicted octanol–water partition coefficient (Wildman–Crippen LogP) is 4.49. The number of aryl methyl sites for hydroxylation is 1. The van der Waals surface area contributed by atoms with E-state index in [9.17, 15) is 0 Å². The van der Waals surface area contributed by atoms with Crippen LogP contribution in [-0.4, -0.2) is 7.11 Å². The molecular weight excluding hydrogens is 276 g/mol. The summed E-state index contributed by atoms with van der Waals surface area (Å²) in [5.74, 6) is 0.933. The normalized spacial score (nSPS) is 12.2. The van der Waals surface area contributed by atoms with Gasteiger partial charge in [-0.05, 0) is 29.7 Å². The molecule has 88 valence electrons. The van der Waals surface area contributed by atoms with Crippen molar-refractivity contribution in [3.05, 3.63) is 65.2 Å². The molecular formula is C15H15BrO. The Labute approximate surface area is 111 Å². The van der Waals surface area contributed by atoms with Crippen LogP contribution in [-0.2, 0) is 0 Å². The van der Waals surface area contributed by atoms with Gasteiger partial charge in [0.15, 0.2) is 0 Å². The molecule has 2 rings (SSSR count). The van der Waals surface area contributed by atoms with Crippen LogP contribution in [0.2, 0.25) is 0 Å². The van der Waals surface area contributed by atoms with Crippen molar-refractivity contribution in [1.82, 2.24) is 0 Å². The molecule has 0 aliphatic rings. The second kappa shape index (κ2) is 5.37. The number of hydrogen-bond acceptors (Lipinski definition) is 1.